The molecule has 1 nitrogen and oxygen atoms in total. The molecule has 0 fully saturated rings. The first-order chi connectivity index (χ1) is 8.29. The van der Waals surface area contributed by atoms with Crippen molar-refractivity contribution >= 4 is 22.2 Å². The molecule has 0 aliphatic heterocycles. The highest BCUT2D eigenvalue weighted by molar-refractivity contribution is 9.10. The van der Waals surface area contributed by atoms with E-state index in [0.717, 1.165) is 22.7 Å². The molecule has 0 aliphatic carbocycles. The lowest BCUT2D eigenvalue weighted by Crippen LogP contribution is -2.04. The quantitative estimate of drug-likeness (QED) is 0.778. The van der Waals surface area contributed by atoms with Gasteiger partial charge in [0.2, 0.25) is 0 Å². The average Bonchev–Trinajstić information content (AvgIpc) is 2.38. The van der Waals surface area contributed by atoms with E-state index in [9.17, 15) is 4.79 Å². The Labute approximate surface area is 110 Å². The zero-order valence-corrected chi connectivity index (χ0v) is 10.9. The van der Waals surface area contributed by atoms with Gasteiger partial charge in [-0.2, -0.15) is 0 Å². The number of carbonyl (C=O) groups is 1. The summed E-state index contributed by atoms with van der Waals surface area (Å²) in [6.07, 6.45) is 1.78. The summed E-state index contributed by atoms with van der Waals surface area (Å²) >= 11 is 3.39. The Kier molecular flexibility index (Phi) is 4.10. The average molecular weight is 289 g/mol. The van der Waals surface area contributed by atoms with Gasteiger partial charge in [-0.25, -0.2) is 0 Å². The standard InChI is InChI=1S/C15H13BrO/c16-15-8-6-13(7-9-15)14(11-17)10-12-4-2-1-3-5-12/h1-9,11,14H,10H2. The number of rotatable bonds is 4. The maximum absolute atomic E-state index is 11.2. The zero-order valence-electron chi connectivity index (χ0n) is 9.34. The minimum atomic E-state index is -0.0644. The molecule has 1 unspecified atom stereocenters. The van der Waals surface area contributed by atoms with Crippen molar-refractivity contribution in [2.24, 2.45) is 0 Å². The summed E-state index contributed by atoms with van der Waals surface area (Å²) in [4.78, 5) is 11.2. The van der Waals surface area contributed by atoms with E-state index in [2.05, 4.69) is 28.1 Å². The molecule has 0 saturated heterocycles. The van der Waals surface area contributed by atoms with Gasteiger partial charge >= 0.3 is 0 Å². The van der Waals surface area contributed by atoms with Crippen molar-refractivity contribution in [1.82, 2.24) is 0 Å². The minimum Gasteiger partial charge on any atom is -0.303 e. The molecule has 0 spiro atoms. The summed E-state index contributed by atoms with van der Waals surface area (Å²) in [5, 5.41) is 0. The van der Waals surface area contributed by atoms with Gasteiger partial charge in [0.25, 0.3) is 0 Å². The number of hydrogen-bond donors (Lipinski definition) is 0. The molecule has 0 heterocycles. The highest BCUT2D eigenvalue weighted by Crippen LogP contribution is 2.21. The Morgan fingerprint density at radius 2 is 1.65 bits per heavy atom. The number of hydrogen-bond acceptors (Lipinski definition) is 1. The maximum atomic E-state index is 11.2. The topological polar surface area (TPSA) is 17.1 Å². The fraction of sp³-hybridized carbons (Fsp3) is 0.133. The van der Waals surface area contributed by atoms with E-state index >= 15 is 0 Å². The highest BCUT2D eigenvalue weighted by Gasteiger charge is 2.10. The van der Waals surface area contributed by atoms with Crippen LogP contribution in [0.1, 0.15) is 17.0 Å². The summed E-state index contributed by atoms with van der Waals surface area (Å²) < 4.78 is 1.03. The molecule has 2 aromatic carbocycles. The Hall–Kier alpha value is -1.41. The Morgan fingerprint density at radius 3 is 2.24 bits per heavy atom. The first-order valence-corrected chi connectivity index (χ1v) is 6.33. The third-order valence-electron chi connectivity index (χ3n) is 2.76. The molecule has 0 N–H and O–H groups in total. The van der Waals surface area contributed by atoms with Gasteiger partial charge in [-0.3, -0.25) is 0 Å². The van der Waals surface area contributed by atoms with E-state index in [1.807, 2.05) is 42.5 Å². The molecular weight excluding hydrogens is 276 g/mol. The molecule has 2 heteroatoms. The summed E-state index contributed by atoms with van der Waals surface area (Å²) in [6.45, 7) is 0. The van der Waals surface area contributed by atoms with Gasteiger partial charge in [-0.05, 0) is 29.7 Å². The molecule has 0 radical (unpaired) electrons. The largest absolute Gasteiger partial charge is 0.303 e. The number of benzene rings is 2. The normalized spacial score (nSPS) is 12.1. The first-order valence-electron chi connectivity index (χ1n) is 5.54. The van der Waals surface area contributed by atoms with Crippen molar-refractivity contribution in [1.29, 1.82) is 0 Å². The van der Waals surface area contributed by atoms with E-state index in [4.69, 9.17) is 0 Å². The van der Waals surface area contributed by atoms with Crippen molar-refractivity contribution in [2.75, 3.05) is 0 Å². The van der Waals surface area contributed by atoms with Crippen LogP contribution in [0.15, 0.2) is 59.1 Å². The van der Waals surface area contributed by atoms with Crippen molar-refractivity contribution in [3.63, 3.8) is 0 Å². The summed E-state index contributed by atoms with van der Waals surface area (Å²) in [5.41, 5.74) is 2.25. The monoisotopic (exact) mass is 288 g/mol. The van der Waals surface area contributed by atoms with Crippen molar-refractivity contribution in [2.45, 2.75) is 12.3 Å². The maximum Gasteiger partial charge on any atom is 0.127 e. The molecule has 86 valence electrons. The van der Waals surface area contributed by atoms with Crippen LogP contribution in [0.3, 0.4) is 0 Å². The van der Waals surface area contributed by atoms with Crippen molar-refractivity contribution in [3.8, 4) is 0 Å². The fourth-order valence-electron chi connectivity index (χ4n) is 1.82. The first kappa shape index (κ1) is 12.1. The predicted molar refractivity (Wildman–Crippen MR) is 73.1 cm³/mol. The molecule has 0 bridgehead atoms. The highest BCUT2D eigenvalue weighted by atomic mass is 79.9. The predicted octanol–water partition coefficient (Wildman–Crippen LogP) is 3.97. The molecule has 0 saturated carbocycles. The smallest absolute Gasteiger partial charge is 0.127 e. The van der Waals surface area contributed by atoms with Crippen LogP contribution in [0, 0.1) is 0 Å². The Bertz CT molecular complexity index is 476. The van der Waals surface area contributed by atoms with Crippen LogP contribution in [-0.4, -0.2) is 6.29 Å². The van der Waals surface area contributed by atoms with Gasteiger partial charge < -0.3 is 4.79 Å². The fourth-order valence-corrected chi connectivity index (χ4v) is 2.09. The molecule has 0 aliphatic rings. The van der Waals surface area contributed by atoms with Gasteiger partial charge in [0, 0.05) is 10.4 Å². The van der Waals surface area contributed by atoms with Crippen LogP contribution in [0.25, 0.3) is 0 Å². The molecule has 17 heavy (non-hydrogen) atoms. The van der Waals surface area contributed by atoms with E-state index in [1.165, 1.54) is 5.56 Å². The summed E-state index contributed by atoms with van der Waals surface area (Å²) in [5.74, 6) is -0.0644. The summed E-state index contributed by atoms with van der Waals surface area (Å²) in [7, 11) is 0. The second-order valence-corrected chi connectivity index (χ2v) is 4.90. The third kappa shape index (κ3) is 3.27. The molecule has 2 aromatic rings. The van der Waals surface area contributed by atoms with Crippen LogP contribution in [0.2, 0.25) is 0 Å². The summed E-state index contributed by atoms with van der Waals surface area (Å²) in [6, 6.07) is 18.0. The van der Waals surface area contributed by atoms with Gasteiger partial charge in [-0.15, -0.1) is 0 Å². The second-order valence-electron chi connectivity index (χ2n) is 3.98. The second kappa shape index (κ2) is 5.78. The molecule has 0 amide bonds. The Morgan fingerprint density at radius 1 is 1.00 bits per heavy atom. The van der Waals surface area contributed by atoms with Gasteiger partial charge in [0.15, 0.2) is 0 Å². The van der Waals surface area contributed by atoms with E-state index in [1.54, 1.807) is 0 Å². The van der Waals surface area contributed by atoms with Crippen molar-refractivity contribution < 1.29 is 4.79 Å². The van der Waals surface area contributed by atoms with Gasteiger partial charge in [0.05, 0.1) is 0 Å². The van der Waals surface area contributed by atoms with Gasteiger partial charge in [-0.1, -0.05) is 58.4 Å². The van der Waals surface area contributed by atoms with Crippen LogP contribution >= 0.6 is 15.9 Å². The lowest BCUT2D eigenvalue weighted by atomic mass is 9.93. The SMILES string of the molecule is O=CC(Cc1ccccc1)c1ccc(Br)cc1. The lowest BCUT2D eigenvalue weighted by molar-refractivity contribution is -0.109. The number of aldehydes is 1. The minimum absolute atomic E-state index is 0.0644. The van der Waals surface area contributed by atoms with Crippen molar-refractivity contribution in [3.05, 3.63) is 70.2 Å². The number of halogens is 1. The van der Waals surface area contributed by atoms with Gasteiger partial charge in [0.1, 0.15) is 6.29 Å². The van der Waals surface area contributed by atoms with E-state index in [-0.39, 0.29) is 5.92 Å². The van der Waals surface area contributed by atoms with Crippen LogP contribution in [0.4, 0.5) is 0 Å². The third-order valence-corrected chi connectivity index (χ3v) is 3.29. The molecule has 1 atom stereocenters. The zero-order chi connectivity index (χ0) is 12.1. The van der Waals surface area contributed by atoms with E-state index in [0.29, 0.717) is 0 Å². The van der Waals surface area contributed by atoms with Crippen LogP contribution in [-0.2, 0) is 11.2 Å². The van der Waals surface area contributed by atoms with Crippen LogP contribution in [0.5, 0.6) is 0 Å². The van der Waals surface area contributed by atoms with E-state index < -0.39 is 0 Å². The Balaban J connectivity index is 2.17. The van der Waals surface area contributed by atoms with Crippen LogP contribution < -0.4 is 0 Å². The number of carbonyl (C=O) groups excluding carboxylic acids is 1. The molecule has 0 aromatic heterocycles. The lowest BCUT2D eigenvalue weighted by Gasteiger charge is -2.10. The molecule has 2 rings (SSSR count). The molecular formula is C15H13BrO.